The summed E-state index contributed by atoms with van der Waals surface area (Å²) in [6.07, 6.45) is 61.4. The fraction of sp³-hybridized carbons (Fsp3) is 0.685. The summed E-state index contributed by atoms with van der Waals surface area (Å²) in [4.78, 5) is 37.9. The first-order chi connectivity index (χ1) is 29.5. The van der Waals surface area contributed by atoms with Crippen LogP contribution in [-0.2, 0) is 28.6 Å². The van der Waals surface area contributed by atoms with Crippen LogP contribution in [0.1, 0.15) is 220 Å². The lowest BCUT2D eigenvalue weighted by Gasteiger charge is -2.18. The molecule has 0 aromatic heterocycles. The van der Waals surface area contributed by atoms with Crippen molar-refractivity contribution in [1.29, 1.82) is 0 Å². The number of rotatable bonds is 43. The Hall–Kier alpha value is -3.41. The molecule has 0 saturated carbocycles. The monoisotopic (exact) mass is 835 g/mol. The molecule has 6 nitrogen and oxygen atoms in total. The summed E-state index contributed by atoms with van der Waals surface area (Å²) in [5.74, 6) is -0.988. The number of hydrogen-bond donors (Lipinski definition) is 0. The molecule has 0 aromatic rings. The lowest BCUT2D eigenvalue weighted by Crippen LogP contribution is -2.30. The zero-order chi connectivity index (χ0) is 43.7. The van der Waals surface area contributed by atoms with E-state index in [4.69, 9.17) is 14.2 Å². The molecule has 0 saturated heterocycles. The van der Waals surface area contributed by atoms with Gasteiger partial charge in [0.25, 0.3) is 0 Å². The fourth-order valence-electron chi connectivity index (χ4n) is 6.63. The molecule has 0 spiro atoms. The molecule has 6 heteroatoms. The first kappa shape index (κ1) is 56.6. The Morgan fingerprint density at radius 1 is 0.367 bits per heavy atom. The number of unbranched alkanes of at least 4 members (excludes halogenated alkanes) is 22. The second kappa shape index (κ2) is 48.3. The second-order valence-corrected chi connectivity index (χ2v) is 16.1. The third-order valence-electron chi connectivity index (χ3n) is 10.3. The highest BCUT2D eigenvalue weighted by atomic mass is 16.6. The van der Waals surface area contributed by atoms with Gasteiger partial charge in [0.1, 0.15) is 13.2 Å². The number of carbonyl (C=O) groups excluding carboxylic acids is 3. The predicted molar refractivity (Wildman–Crippen MR) is 256 cm³/mol. The van der Waals surface area contributed by atoms with Crippen LogP contribution in [0.25, 0.3) is 0 Å². The van der Waals surface area contributed by atoms with Crippen LogP contribution in [0.3, 0.4) is 0 Å². The standard InChI is InChI=1S/C54H90O6/c1-4-7-10-13-16-19-22-25-27-30-32-35-38-41-44-47-53(56)59-50-51(49-58-52(55)46-43-40-37-34-31-28-24-21-18-15-12-9-6-3)60-54(57)48-45-42-39-36-33-29-26-23-20-17-14-11-8-5-2/h8-9,11-12,15,17-18,20-21,24,28,31,34,37,51H,4-7,10,13-14,16,19,22-23,25-27,29-30,32-33,35-36,38-50H2,1-3H3/b11-8-,12-9-,18-15-,20-17-,24-21-,31-28-,37-34-. The summed E-state index contributed by atoms with van der Waals surface area (Å²) in [6, 6.07) is 0. The fourth-order valence-corrected chi connectivity index (χ4v) is 6.63. The van der Waals surface area contributed by atoms with E-state index < -0.39 is 6.10 Å². The van der Waals surface area contributed by atoms with E-state index in [9.17, 15) is 14.4 Å². The summed E-state index contributed by atoms with van der Waals surface area (Å²) in [5.41, 5.74) is 0. The number of ether oxygens (including phenoxy) is 3. The van der Waals surface area contributed by atoms with Gasteiger partial charge in [-0.25, -0.2) is 0 Å². The molecular weight excluding hydrogens is 745 g/mol. The third kappa shape index (κ3) is 45.7. The molecule has 0 aliphatic carbocycles. The maximum Gasteiger partial charge on any atom is 0.306 e. The van der Waals surface area contributed by atoms with Gasteiger partial charge in [-0.2, -0.15) is 0 Å². The van der Waals surface area contributed by atoms with Crippen molar-refractivity contribution in [2.75, 3.05) is 13.2 Å². The van der Waals surface area contributed by atoms with E-state index in [1.807, 2.05) is 54.7 Å². The Labute approximate surface area is 369 Å². The van der Waals surface area contributed by atoms with Crippen LogP contribution in [0.5, 0.6) is 0 Å². The molecular formula is C54H90O6. The van der Waals surface area contributed by atoms with Crippen LogP contribution in [0.15, 0.2) is 85.1 Å². The summed E-state index contributed by atoms with van der Waals surface area (Å²) < 4.78 is 16.7. The lowest BCUT2D eigenvalue weighted by molar-refractivity contribution is -0.167. The third-order valence-corrected chi connectivity index (χ3v) is 10.3. The summed E-state index contributed by atoms with van der Waals surface area (Å²) in [5, 5.41) is 0. The minimum atomic E-state index is -0.807. The number of esters is 3. The molecule has 0 bridgehead atoms. The van der Waals surface area contributed by atoms with Gasteiger partial charge in [-0.3, -0.25) is 14.4 Å². The normalized spacial score (nSPS) is 12.8. The van der Waals surface area contributed by atoms with E-state index in [1.165, 1.54) is 103 Å². The molecule has 0 aliphatic heterocycles. The van der Waals surface area contributed by atoms with Crippen molar-refractivity contribution in [2.24, 2.45) is 0 Å². The molecule has 0 rings (SSSR count). The Balaban J connectivity index is 4.48. The van der Waals surface area contributed by atoms with Crippen molar-refractivity contribution < 1.29 is 28.6 Å². The van der Waals surface area contributed by atoms with Crippen molar-refractivity contribution in [1.82, 2.24) is 0 Å². The lowest BCUT2D eigenvalue weighted by atomic mass is 10.0. The maximum atomic E-state index is 12.8. The molecule has 342 valence electrons. The molecule has 0 amide bonds. The average Bonchev–Trinajstić information content (AvgIpc) is 3.24. The SMILES string of the molecule is CC\C=C/C=C\C=C/C=C\C=C/CCCC(=O)OCC(COC(=O)CCCCCCCCCCCCCCCCC)OC(=O)CCCCCCCCC/C=C\C/C=C\CC. The van der Waals surface area contributed by atoms with Crippen molar-refractivity contribution in [3.8, 4) is 0 Å². The molecule has 1 atom stereocenters. The molecule has 0 aromatic carbocycles. The zero-order valence-electron chi connectivity index (χ0n) is 38.9. The van der Waals surface area contributed by atoms with E-state index in [2.05, 4.69) is 51.2 Å². The van der Waals surface area contributed by atoms with Crippen LogP contribution in [-0.4, -0.2) is 37.2 Å². The smallest absolute Gasteiger partial charge is 0.306 e. The topological polar surface area (TPSA) is 78.9 Å². The first-order valence-electron chi connectivity index (χ1n) is 24.7. The Morgan fingerprint density at radius 3 is 1.25 bits per heavy atom. The van der Waals surface area contributed by atoms with E-state index in [0.717, 1.165) is 70.6 Å². The van der Waals surface area contributed by atoms with Gasteiger partial charge in [-0.1, -0.05) is 228 Å². The van der Waals surface area contributed by atoms with Crippen molar-refractivity contribution in [2.45, 2.75) is 226 Å². The highest BCUT2D eigenvalue weighted by Gasteiger charge is 2.19. The highest BCUT2D eigenvalue weighted by molar-refractivity contribution is 5.71. The molecule has 0 aliphatic rings. The van der Waals surface area contributed by atoms with Gasteiger partial charge in [-0.15, -0.1) is 0 Å². The van der Waals surface area contributed by atoms with E-state index in [-0.39, 0.29) is 37.5 Å². The number of carbonyl (C=O) groups is 3. The molecule has 60 heavy (non-hydrogen) atoms. The average molecular weight is 835 g/mol. The Morgan fingerprint density at radius 2 is 0.750 bits per heavy atom. The minimum absolute atomic E-state index is 0.101. The minimum Gasteiger partial charge on any atom is -0.462 e. The van der Waals surface area contributed by atoms with Gasteiger partial charge >= 0.3 is 17.9 Å². The van der Waals surface area contributed by atoms with Crippen molar-refractivity contribution in [3.63, 3.8) is 0 Å². The van der Waals surface area contributed by atoms with Gasteiger partial charge in [0.05, 0.1) is 0 Å². The molecule has 1 unspecified atom stereocenters. The largest absolute Gasteiger partial charge is 0.462 e. The zero-order valence-corrected chi connectivity index (χ0v) is 38.9. The molecule has 0 radical (unpaired) electrons. The summed E-state index contributed by atoms with van der Waals surface area (Å²) in [7, 11) is 0. The summed E-state index contributed by atoms with van der Waals surface area (Å²) in [6.45, 7) is 6.31. The van der Waals surface area contributed by atoms with Gasteiger partial charge in [-0.05, 0) is 57.8 Å². The summed E-state index contributed by atoms with van der Waals surface area (Å²) >= 11 is 0. The van der Waals surface area contributed by atoms with Crippen LogP contribution < -0.4 is 0 Å². The van der Waals surface area contributed by atoms with E-state index >= 15 is 0 Å². The molecule has 0 heterocycles. The van der Waals surface area contributed by atoms with Crippen molar-refractivity contribution >= 4 is 17.9 Å². The molecule has 0 fully saturated rings. The van der Waals surface area contributed by atoms with Crippen LogP contribution in [0, 0.1) is 0 Å². The quantitative estimate of drug-likeness (QED) is 0.0200. The van der Waals surface area contributed by atoms with E-state index in [0.29, 0.717) is 19.3 Å². The van der Waals surface area contributed by atoms with Crippen LogP contribution in [0.4, 0.5) is 0 Å². The maximum absolute atomic E-state index is 12.8. The Kier molecular flexibility index (Phi) is 45.5. The van der Waals surface area contributed by atoms with E-state index in [1.54, 1.807) is 0 Å². The Bertz CT molecular complexity index is 1190. The molecule has 0 N–H and O–H groups in total. The van der Waals surface area contributed by atoms with Crippen molar-refractivity contribution in [3.05, 3.63) is 85.1 Å². The van der Waals surface area contributed by atoms with Gasteiger partial charge in [0, 0.05) is 19.3 Å². The second-order valence-electron chi connectivity index (χ2n) is 16.1. The first-order valence-corrected chi connectivity index (χ1v) is 24.7. The number of hydrogen-bond acceptors (Lipinski definition) is 6. The van der Waals surface area contributed by atoms with Gasteiger partial charge in [0.2, 0.25) is 0 Å². The van der Waals surface area contributed by atoms with Gasteiger partial charge < -0.3 is 14.2 Å². The highest BCUT2D eigenvalue weighted by Crippen LogP contribution is 2.15. The number of allylic oxidation sites excluding steroid dienone is 14. The van der Waals surface area contributed by atoms with Crippen LogP contribution >= 0.6 is 0 Å². The predicted octanol–water partition coefficient (Wildman–Crippen LogP) is 16.0. The van der Waals surface area contributed by atoms with Gasteiger partial charge in [0.15, 0.2) is 6.10 Å². The van der Waals surface area contributed by atoms with Crippen LogP contribution in [0.2, 0.25) is 0 Å².